The number of rotatable bonds is 2. The largest absolute Gasteiger partial charge is 0.398 e. The Morgan fingerprint density at radius 3 is 2.81 bits per heavy atom. The van der Waals surface area contributed by atoms with E-state index in [1.54, 1.807) is 0 Å². The second-order valence-electron chi connectivity index (χ2n) is 3.55. The van der Waals surface area contributed by atoms with Crippen LogP contribution in [0.2, 0.25) is 0 Å². The lowest BCUT2D eigenvalue weighted by molar-refractivity contribution is 0.628. The van der Waals surface area contributed by atoms with E-state index in [0.29, 0.717) is 17.1 Å². The minimum Gasteiger partial charge on any atom is -0.398 e. The molecule has 1 aromatic carbocycles. The van der Waals surface area contributed by atoms with Crippen LogP contribution in [-0.4, -0.2) is 14.8 Å². The summed E-state index contributed by atoms with van der Waals surface area (Å²) in [6.07, 6.45) is 0. The van der Waals surface area contributed by atoms with Crippen molar-refractivity contribution in [2.24, 2.45) is 0 Å². The number of anilines is 1. The van der Waals surface area contributed by atoms with Gasteiger partial charge in [-0.05, 0) is 32.0 Å². The normalized spacial score (nSPS) is 10.7. The highest BCUT2D eigenvalue weighted by Gasteiger charge is 2.12. The SMILES string of the molecule is CCn1c(C)nnc1-c1cc(F)ccc1N. The first-order chi connectivity index (χ1) is 7.63. The molecule has 0 atom stereocenters. The molecule has 1 aromatic heterocycles. The lowest BCUT2D eigenvalue weighted by atomic mass is 10.1. The van der Waals surface area contributed by atoms with Crippen LogP contribution >= 0.6 is 0 Å². The van der Waals surface area contributed by atoms with Gasteiger partial charge in [0.05, 0.1) is 0 Å². The van der Waals surface area contributed by atoms with Crippen molar-refractivity contribution in [3.8, 4) is 11.4 Å². The number of nitrogen functional groups attached to an aromatic ring is 1. The maximum absolute atomic E-state index is 13.2. The first kappa shape index (κ1) is 10.6. The first-order valence-electron chi connectivity index (χ1n) is 5.08. The zero-order valence-corrected chi connectivity index (χ0v) is 9.24. The van der Waals surface area contributed by atoms with Crippen LogP contribution < -0.4 is 5.73 Å². The zero-order chi connectivity index (χ0) is 11.7. The number of hydrogen-bond acceptors (Lipinski definition) is 3. The summed E-state index contributed by atoms with van der Waals surface area (Å²) in [7, 11) is 0. The topological polar surface area (TPSA) is 56.7 Å². The maximum atomic E-state index is 13.2. The van der Waals surface area contributed by atoms with E-state index in [-0.39, 0.29) is 5.82 Å². The van der Waals surface area contributed by atoms with Crippen LogP contribution in [0.15, 0.2) is 18.2 Å². The Labute approximate surface area is 92.9 Å². The van der Waals surface area contributed by atoms with E-state index in [0.717, 1.165) is 12.4 Å². The van der Waals surface area contributed by atoms with Crippen LogP contribution in [0, 0.1) is 12.7 Å². The van der Waals surface area contributed by atoms with Crippen LogP contribution in [0.5, 0.6) is 0 Å². The van der Waals surface area contributed by atoms with E-state index in [9.17, 15) is 4.39 Å². The Kier molecular flexibility index (Phi) is 2.60. The number of halogens is 1. The molecule has 0 spiro atoms. The summed E-state index contributed by atoms with van der Waals surface area (Å²) in [4.78, 5) is 0. The van der Waals surface area contributed by atoms with Crippen molar-refractivity contribution < 1.29 is 4.39 Å². The molecule has 5 heteroatoms. The van der Waals surface area contributed by atoms with Crippen LogP contribution in [0.25, 0.3) is 11.4 Å². The molecule has 16 heavy (non-hydrogen) atoms. The van der Waals surface area contributed by atoms with Gasteiger partial charge >= 0.3 is 0 Å². The van der Waals surface area contributed by atoms with Gasteiger partial charge < -0.3 is 10.3 Å². The van der Waals surface area contributed by atoms with Gasteiger partial charge in [-0.1, -0.05) is 0 Å². The predicted octanol–water partition coefficient (Wildman–Crippen LogP) is 1.99. The fourth-order valence-corrected chi connectivity index (χ4v) is 1.68. The summed E-state index contributed by atoms with van der Waals surface area (Å²) in [6.45, 7) is 4.56. The molecule has 0 aliphatic carbocycles. The van der Waals surface area contributed by atoms with Crippen LogP contribution in [0.3, 0.4) is 0 Å². The van der Waals surface area contributed by atoms with Crippen molar-refractivity contribution in [2.45, 2.75) is 20.4 Å². The molecule has 0 aliphatic rings. The van der Waals surface area contributed by atoms with Crippen molar-refractivity contribution >= 4 is 5.69 Å². The second-order valence-corrected chi connectivity index (χ2v) is 3.55. The molecule has 2 aromatic rings. The molecule has 1 heterocycles. The monoisotopic (exact) mass is 220 g/mol. The summed E-state index contributed by atoms with van der Waals surface area (Å²) in [5, 5.41) is 7.99. The third-order valence-corrected chi connectivity index (χ3v) is 2.51. The van der Waals surface area contributed by atoms with E-state index in [1.165, 1.54) is 18.2 Å². The molecule has 0 bridgehead atoms. The van der Waals surface area contributed by atoms with Gasteiger partial charge in [0.1, 0.15) is 11.6 Å². The van der Waals surface area contributed by atoms with Crippen molar-refractivity contribution in [2.75, 3.05) is 5.73 Å². The molecule has 0 unspecified atom stereocenters. The predicted molar refractivity (Wildman–Crippen MR) is 60.2 cm³/mol. The number of nitrogens with two attached hydrogens (primary N) is 1. The third-order valence-electron chi connectivity index (χ3n) is 2.51. The number of nitrogens with zero attached hydrogens (tertiary/aromatic N) is 3. The molecule has 0 saturated heterocycles. The molecule has 84 valence electrons. The van der Waals surface area contributed by atoms with Gasteiger partial charge in [0.25, 0.3) is 0 Å². The van der Waals surface area contributed by atoms with E-state index >= 15 is 0 Å². The number of aromatic nitrogens is 3. The fourth-order valence-electron chi connectivity index (χ4n) is 1.68. The Hall–Kier alpha value is -1.91. The standard InChI is InChI=1S/C11H13FN4/c1-3-16-7(2)14-15-11(16)9-6-8(12)4-5-10(9)13/h4-6H,3,13H2,1-2H3. The number of hydrogen-bond donors (Lipinski definition) is 1. The van der Waals surface area contributed by atoms with Gasteiger partial charge in [0, 0.05) is 17.8 Å². The summed E-state index contributed by atoms with van der Waals surface area (Å²) in [5.74, 6) is 1.07. The van der Waals surface area contributed by atoms with Gasteiger partial charge in [-0.25, -0.2) is 4.39 Å². The molecule has 0 radical (unpaired) electrons. The lowest BCUT2D eigenvalue weighted by Crippen LogP contribution is -2.02. The summed E-state index contributed by atoms with van der Waals surface area (Å²) < 4.78 is 15.1. The fraction of sp³-hybridized carbons (Fsp3) is 0.273. The molecule has 2 rings (SSSR count). The first-order valence-corrected chi connectivity index (χ1v) is 5.08. The minimum absolute atomic E-state index is 0.326. The van der Waals surface area contributed by atoms with E-state index < -0.39 is 0 Å². The van der Waals surface area contributed by atoms with Crippen molar-refractivity contribution in [3.05, 3.63) is 29.8 Å². The molecule has 0 fully saturated rings. The van der Waals surface area contributed by atoms with Gasteiger partial charge in [0.2, 0.25) is 0 Å². The highest BCUT2D eigenvalue weighted by atomic mass is 19.1. The molecular formula is C11H13FN4. The van der Waals surface area contributed by atoms with Crippen molar-refractivity contribution in [1.82, 2.24) is 14.8 Å². The quantitative estimate of drug-likeness (QED) is 0.787. The second kappa shape index (κ2) is 3.92. The Morgan fingerprint density at radius 2 is 2.12 bits per heavy atom. The summed E-state index contributed by atoms with van der Waals surface area (Å²) in [6, 6.07) is 4.25. The Morgan fingerprint density at radius 1 is 1.38 bits per heavy atom. The molecule has 4 nitrogen and oxygen atoms in total. The molecule has 0 amide bonds. The zero-order valence-electron chi connectivity index (χ0n) is 9.24. The smallest absolute Gasteiger partial charge is 0.166 e. The van der Waals surface area contributed by atoms with Gasteiger partial charge in [-0.15, -0.1) is 10.2 Å². The van der Waals surface area contributed by atoms with Crippen molar-refractivity contribution in [3.63, 3.8) is 0 Å². The Bertz CT molecular complexity index is 519. The summed E-state index contributed by atoms with van der Waals surface area (Å²) in [5.41, 5.74) is 6.90. The van der Waals surface area contributed by atoms with E-state index in [2.05, 4.69) is 10.2 Å². The van der Waals surface area contributed by atoms with Crippen molar-refractivity contribution in [1.29, 1.82) is 0 Å². The number of aryl methyl sites for hydroxylation is 1. The van der Waals surface area contributed by atoms with E-state index in [4.69, 9.17) is 5.73 Å². The van der Waals surface area contributed by atoms with Gasteiger partial charge in [-0.3, -0.25) is 0 Å². The molecule has 2 N–H and O–H groups in total. The Balaban J connectivity index is 2.62. The maximum Gasteiger partial charge on any atom is 0.166 e. The van der Waals surface area contributed by atoms with Crippen LogP contribution in [0.4, 0.5) is 10.1 Å². The minimum atomic E-state index is -0.326. The number of benzene rings is 1. The summed E-state index contributed by atoms with van der Waals surface area (Å²) >= 11 is 0. The average molecular weight is 220 g/mol. The molecular weight excluding hydrogens is 207 g/mol. The van der Waals surface area contributed by atoms with Crippen LogP contribution in [0.1, 0.15) is 12.7 Å². The van der Waals surface area contributed by atoms with E-state index in [1.807, 2.05) is 18.4 Å². The lowest BCUT2D eigenvalue weighted by Gasteiger charge is -2.07. The average Bonchev–Trinajstić information content (AvgIpc) is 2.63. The highest BCUT2D eigenvalue weighted by Crippen LogP contribution is 2.25. The van der Waals surface area contributed by atoms with Crippen LogP contribution in [-0.2, 0) is 6.54 Å². The van der Waals surface area contributed by atoms with Gasteiger partial charge in [0.15, 0.2) is 5.82 Å². The molecule has 0 aliphatic heterocycles. The molecule has 0 saturated carbocycles. The van der Waals surface area contributed by atoms with Gasteiger partial charge in [-0.2, -0.15) is 0 Å². The highest BCUT2D eigenvalue weighted by molar-refractivity contribution is 5.71. The third kappa shape index (κ3) is 1.64.